The SMILES string of the molecule is C=C(C#N)C1(C(=O)OC(C)(C)C)Cc2cc(OC)c(OC)cc2C1=O. The van der Waals surface area contributed by atoms with Crippen LogP contribution in [-0.4, -0.2) is 31.6 Å². The number of hydrogen-bond donors (Lipinski definition) is 0. The molecule has 0 aliphatic heterocycles. The zero-order chi connectivity index (χ0) is 19.0. The van der Waals surface area contributed by atoms with Crippen molar-refractivity contribution in [3.63, 3.8) is 0 Å². The summed E-state index contributed by atoms with van der Waals surface area (Å²) < 4.78 is 15.9. The Labute approximate surface area is 147 Å². The fourth-order valence-electron chi connectivity index (χ4n) is 2.87. The normalized spacial score (nSPS) is 19.0. The quantitative estimate of drug-likeness (QED) is 0.475. The lowest BCUT2D eigenvalue weighted by Crippen LogP contribution is -2.43. The van der Waals surface area contributed by atoms with Crippen LogP contribution in [0.5, 0.6) is 11.5 Å². The Balaban J connectivity index is 2.61. The Morgan fingerprint density at radius 3 is 2.28 bits per heavy atom. The van der Waals surface area contributed by atoms with Crippen molar-refractivity contribution in [3.8, 4) is 17.6 Å². The van der Waals surface area contributed by atoms with Gasteiger partial charge in [0.05, 0.1) is 20.3 Å². The first kappa shape index (κ1) is 18.5. The van der Waals surface area contributed by atoms with Crippen LogP contribution < -0.4 is 9.47 Å². The van der Waals surface area contributed by atoms with Crippen molar-refractivity contribution in [2.75, 3.05) is 14.2 Å². The van der Waals surface area contributed by atoms with E-state index >= 15 is 0 Å². The highest BCUT2D eigenvalue weighted by molar-refractivity contribution is 6.19. The van der Waals surface area contributed by atoms with Gasteiger partial charge >= 0.3 is 5.97 Å². The van der Waals surface area contributed by atoms with Crippen LogP contribution in [-0.2, 0) is 16.0 Å². The minimum atomic E-state index is -1.75. The number of carbonyl (C=O) groups is 2. The third-order valence-electron chi connectivity index (χ3n) is 4.09. The number of nitriles is 1. The summed E-state index contributed by atoms with van der Waals surface area (Å²) in [4.78, 5) is 26.0. The number of nitrogens with zero attached hydrogens (tertiary/aromatic N) is 1. The van der Waals surface area contributed by atoms with Crippen molar-refractivity contribution in [1.82, 2.24) is 0 Å². The number of rotatable bonds is 4. The van der Waals surface area contributed by atoms with Gasteiger partial charge in [0, 0.05) is 17.6 Å². The molecule has 132 valence electrons. The zero-order valence-corrected chi connectivity index (χ0v) is 15.1. The molecule has 0 spiro atoms. The molecule has 0 amide bonds. The summed E-state index contributed by atoms with van der Waals surface area (Å²) in [7, 11) is 2.94. The predicted molar refractivity (Wildman–Crippen MR) is 90.6 cm³/mol. The molecule has 25 heavy (non-hydrogen) atoms. The van der Waals surface area contributed by atoms with Gasteiger partial charge in [-0.2, -0.15) is 5.26 Å². The third-order valence-corrected chi connectivity index (χ3v) is 4.09. The number of carbonyl (C=O) groups excluding carboxylic acids is 2. The van der Waals surface area contributed by atoms with Crippen LogP contribution in [0.2, 0.25) is 0 Å². The average Bonchev–Trinajstić information content (AvgIpc) is 2.84. The maximum Gasteiger partial charge on any atom is 0.326 e. The molecular weight excluding hydrogens is 322 g/mol. The molecule has 6 heteroatoms. The molecule has 1 atom stereocenters. The van der Waals surface area contributed by atoms with Gasteiger partial charge in [-0.25, -0.2) is 0 Å². The largest absolute Gasteiger partial charge is 0.493 e. The first-order valence-corrected chi connectivity index (χ1v) is 7.73. The number of ketones is 1. The monoisotopic (exact) mass is 343 g/mol. The van der Waals surface area contributed by atoms with Gasteiger partial charge in [0.25, 0.3) is 0 Å². The highest BCUT2D eigenvalue weighted by atomic mass is 16.6. The van der Waals surface area contributed by atoms with E-state index in [4.69, 9.17) is 14.2 Å². The van der Waals surface area contributed by atoms with Crippen LogP contribution in [0, 0.1) is 16.7 Å². The molecule has 0 saturated carbocycles. The topological polar surface area (TPSA) is 85.6 Å². The summed E-state index contributed by atoms with van der Waals surface area (Å²) >= 11 is 0. The Bertz CT molecular complexity index is 797. The zero-order valence-electron chi connectivity index (χ0n) is 15.1. The summed E-state index contributed by atoms with van der Waals surface area (Å²) in [5, 5.41) is 9.35. The second kappa shape index (κ2) is 6.25. The smallest absolute Gasteiger partial charge is 0.326 e. The second-order valence-corrected chi connectivity index (χ2v) is 6.87. The second-order valence-electron chi connectivity index (χ2n) is 6.87. The molecule has 0 heterocycles. The van der Waals surface area contributed by atoms with Crippen LogP contribution in [0.1, 0.15) is 36.7 Å². The van der Waals surface area contributed by atoms with E-state index in [1.165, 1.54) is 20.3 Å². The molecule has 0 aromatic heterocycles. The Morgan fingerprint density at radius 2 is 1.80 bits per heavy atom. The Kier molecular flexibility index (Phi) is 4.63. The molecule has 1 unspecified atom stereocenters. The first-order valence-electron chi connectivity index (χ1n) is 7.73. The highest BCUT2D eigenvalue weighted by Crippen LogP contribution is 2.46. The van der Waals surface area contributed by atoms with Gasteiger partial charge in [-0.1, -0.05) is 6.58 Å². The van der Waals surface area contributed by atoms with E-state index < -0.39 is 22.8 Å². The number of fused-ring (bicyclic) bond motifs is 1. The standard InChI is InChI=1S/C19H21NO5/c1-11(10-20)19(17(22)25-18(2,3)4)9-12-7-14(23-5)15(24-6)8-13(12)16(19)21/h7-8H,1,9H2,2-6H3. The van der Waals surface area contributed by atoms with Gasteiger partial charge in [-0.05, 0) is 38.5 Å². The van der Waals surface area contributed by atoms with Crippen LogP contribution >= 0.6 is 0 Å². The Hall–Kier alpha value is -2.81. The molecule has 6 nitrogen and oxygen atoms in total. The fraction of sp³-hybridized carbons (Fsp3) is 0.421. The van der Waals surface area contributed by atoms with E-state index in [2.05, 4.69) is 6.58 Å². The van der Waals surface area contributed by atoms with Gasteiger partial charge in [0.15, 0.2) is 22.7 Å². The van der Waals surface area contributed by atoms with Crippen molar-refractivity contribution in [3.05, 3.63) is 35.4 Å². The number of esters is 1. The lowest BCUT2D eigenvalue weighted by molar-refractivity contribution is -0.161. The van der Waals surface area contributed by atoms with Gasteiger partial charge in [-0.15, -0.1) is 0 Å². The number of hydrogen-bond acceptors (Lipinski definition) is 6. The Morgan fingerprint density at radius 1 is 1.24 bits per heavy atom. The summed E-state index contributed by atoms with van der Waals surface area (Å²) in [5.41, 5.74) is -1.79. The van der Waals surface area contributed by atoms with Crippen molar-refractivity contribution < 1.29 is 23.8 Å². The molecule has 0 fully saturated rings. The highest BCUT2D eigenvalue weighted by Gasteiger charge is 2.56. The van der Waals surface area contributed by atoms with E-state index in [1.54, 1.807) is 26.8 Å². The molecule has 2 rings (SSSR count). The van der Waals surface area contributed by atoms with E-state index in [0.717, 1.165) is 0 Å². The number of methoxy groups -OCH3 is 2. The van der Waals surface area contributed by atoms with Crippen LogP contribution in [0.15, 0.2) is 24.3 Å². The van der Waals surface area contributed by atoms with Gasteiger partial charge in [0.1, 0.15) is 5.60 Å². The summed E-state index contributed by atoms with van der Waals surface area (Å²) in [5.74, 6) is -0.469. The van der Waals surface area contributed by atoms with Gasteiger partial charge in [-0.3, -0.25) is 9.59 Å². The van der Waals surface area contributed by atoms with Crippen molar-refractivity contribution in [1.29, 1.82) is 5.26 Å². The fourth-order valence-corrected chi connectivity index (χ4v) is 2.87. The average molecular weight is 343 g/mol. The molecular formula is C19H21NO5. The van der Waals surface area contributed by atoms with Gasteiger partial charge in [0.2, 0.25) is 0 Å². The summed E-state index contributed by atoms with van der Waals surface area (Å²) in [6, 6.07) is 5.02. The lowest BCUT2D eigenvalue weighted by atomic mass is 9.77. The summed E-state index contributed by atoms with van der Waals surface area (Å²) in [6.45, 7) is 8.75. The maximum atomic E-state index is 13.1. The molecule has 0 bridgehead atoms. The summed E-state index contributed by atoms with van der Waals surface area (Å²) in [6.07, 6.45) is 0.00281. The van der Waals surface area contributed by atoms with Crippen molar-refractivity contribution in [2.45, 2.75) is 32.8 Å². The number of benzene rings is 1. The molecule has 0 N–H and O–H groups in total. The molecule has 1 aromatic rings. The first-order chi connectivity index (χ1) is 11.6. The van der Waals surface area contributed by atoms with Crippen molar-refractivity contribution in [2.24, 2.45) is 5.41 Å². The van der Waals surface area contributed by atoms with E-state index in [9.17, 15) is 14.9 Å². The maximum absolute atomic E-state index is 13.1. The van der Waals surface area contributed by atoms with Crippen LogP contribution in [0.4, 0.5) is 0 Å². The molecule has 1 aliphatic carbocycles. The number of ether oxygens (including phenoxy) is 3. The minimum absolute atomic E-state index is 0.00281. The lowest BCUT2D eigenvalue weighted by Gasteiger charge is -2.29. The molecule has 0 radical (unpaired) electrons. The van der Waals surface area contributed by atoms with Crippen LogP contribution in [0.25, 0.3) is 0 Å². The molecule has 1 aromatic carbocycles. The van der Waals surface area contributed by atoms with E-state index in [-0.39, 0.29) is 12.0 Å². The molecule has 1 aliphatic rings. The van der Waals surface area contributed by atoms with E-state index in [1.807, 2.05) is 6.07 Å². The predicted octanol–water partition coefficient (Wildman–Crippen LogP) is 2.85. The van der Waals surface area contributed by atoms with Crippen LogP contribution in [0.3, 0.4) is 0 Å². The number of Topliss-reactive ketones (excluding diaryl/α,β-unsaturated/α-hetero) is 1. The minimum Gasteiger partial charge on any atom is -0.493 e. The third kappa shape index (κ3) is 2.98. The van der Waals surface area contributed by atoms with E-state index in [0.29, 0.717) is 22.6 Å². The molecule has 0 saturated heterocycles. The van der Waals surface area contributed by atoms with Crippen molar-refractivity contribution >= 4 is 11.8 Å². The van der Waals surface area contributed by atoms with Gasteiger partial charge < -0.3 is 14.2 Å².